The summed E-state index contributed by atoms with van der Waals surface area (Å²) in [5.74, 6) is 5.43. The van der Waals surface area contributed by atoms with Gasteiger partial charge in [0.15, 0.2) is 0 Å². The molecule has 0 rings (SSSR count). The van der Waals surface area contributed by atoms with Crippen LogP contribution in [0, 0.1) is 11.8 Å². The predicted octanol–water partition coefficient (Wildman–Crippen LogP) is 2.92. The minimum Gasteiger partial charge on any atom is -0.324 e. The summed E-state index contributed by atoms with van der Waals surface area (Å²) in [6, 6.07) is 0. The lowest BCUT2D eigenvalue weighted by Gasteiger charge is -2.12. The second-order valence-corrected chi connectivity index (χ2v) is 5.43. The topological polar surface area (TPSA) is 57.5 Å². The summed E-state index contributed by atoms with van der Waals surface area (Å²) in [5, 5.41) is 0. The second kappa shape index (κ2) is 7.93. The maximum absolute atomic E-state index is 11.1. The molecule has 0 aromatic heterocycles. The fourth-order valence-corrected chi connectivity index (χ4v) is 2.09. The fourth-order valence-electron chi connectivity index (χ4n) is 1.31. The van der Waals surface area contributed by atoms with Gasteiger partial charge in [-0.2, -0.15) is 0 Å². The molecule has 0 bridgehead atoms. The lowest BCUT2D eigenvalue weighted by molar-refractivity contribution is 0.362. The maximum Gasteiger partial charge on any atom is 0.340 e. The molecule has 15 heavy (non-hydrogen) atoms. The first-order valence-corrected chi connectivity index (χ1v) is 7.24. The molecule has 0 saturated carbocycles. The normalized spacial score (nSPS) is 13.1. The van der Waals surface area contributed by atoms with Gasteiger partial charge in [0.2, 0.25) is 0 Å². The fraction of sp³-hybridized carbons (Fsp3) is 0.818. The molecule has 0 aliphatic rings. The van der Waals surface area contributed by atoms with Crippen molar-refractivity contribution in [3.8, 4) is 11.8 Å². The summed E-state index contributed by atoms with van der Waals surface area (Å²) < 4.78 is 11.1. The summed E-state index contributed by atoms with van der Waals surface area (Å²) in [6.07, 6.45) is 5.28. The van der Waals surface area contributed by atoms with Crippen LogP contribution in [0.25, 0.3) is 0 Å². The molecule has 0 heterocycles. The molecule has 88 valence electrons. The molecule has 0 aromatic carbocycles. The van der Waals surface area contributed by atoms with E-state index in [1.807, 2.05) is 6.92 Å². The van der Waals surface area contributed by atoms with Crippen molar-refractivity contribution in [1.82, 2.24) is 0 Å². The predicted molar refractivity (Wildman–Crippen MR) is 62.7 cm³/mol. The highest BCUT2D eigenvalue weighted by molar-refractivity contribution is 7.52. The first-order chi connectivity index (χ1) is 7.02. The van der Waals surface area contributed by atoms with Crippen molar-refractivity contribution in [2.75, 3.05) is 0 Å². The van der Waals surface area contributed by atoms with Crippen LogP contribution < -0.4 is 0 Å². The van der Waals surface area contributed by atoms with E-state index in [1.54, 1.807) is 0 Å². The van der Waals surface area contributed by atoms with Gasteiger partial charge in [-0.15, -0.1) is 5.92 Å². The molecule has 1 atom stereocenters. The van der Waals surface area contributed by atoms with Gasteiger partial charge in [-0.3, -0.25) is 4.57 Å². The zero-order chi connectivity index (χ0) is 11.7. The van der Waals surface area contributed by atoms with Gasteiger partial charge in [0.05, 0.1) is 0 Å². The molecule has 3 nitrogen and oxygen atoms in total. The molecule has 0 amide bonds. The highest BCUT2D eigenvalue weighted by Gasteiger charge is 2.25. The minimum absolute atomic E-state index is 0.511. The summed E-state index contributed by atoms with van der Waals surface area (Å²) in [5.41, 5.74) is -0.755. The van der Waals surface area contributed by atoms with E-state index in [0.29, 0.717) is 12.8 Å². The first-order valence-electron chi connectivity index (χ1n) is 5.56. The molecule has 0 aliphatic heterocycles. The summed E-state index contributed by atoms with van der Waals surface area (Å²) in [7, 11) is -4.03. The molecule has 1 unspecified atom stereocenters. The van der Waals surface area contributed by atoms with Crippen molar-refractivity contribution in [1.29, 1.82) is 0 Å². The van der Waals surface area contributed by atoms with E-state index in [0.717, 1.165) is 25.7 Å². The number of hydrogen-bond acceptors (Lipinski definition) is 1. The van der Waals surface area contributed by atoms with Crippen LogP contribution >= 0.6 is 7.60 Å². The number of rotatable bonds is 6. The first kappa shape index (κ1) is 14.7. The van der Waals surface area contributed by atoms with Crippen LogP contribution in [0.1, 0.15) is 52.4 Å². The van der Waals surface area contributed by atoms with Gasteiger partial charge < -0.3 is 9.79 Å². The largest absolute Gasteiger partial charge is 0.340 e. The molecular formula is C11H21O3P. The Morgan fingerprint density at radius 3 is 2.33 bits per heavy atom. The Hall–Kier alpha value is -0.290. The molecule has 0 spiro atoms. The van der Waals surface area contributed by atoms with E-state index in [2.05, 4.69) is 18.8 Å². The van der Waals surface area contributed by atoms with Crippen LogP contribution in [0.3, 0.4) is 0 Å². The van der Waals surface area contributed by atoms with Gasteiger partial charge in [-0.05, 0) is 6.42 Å². The van der Waals surface area contributed by atoms with Gasteiger partial charge >= 0.3 is 7.60 Å². The Balaban J connectivity index is 4.10. The van der Waals surface area contributed by atoms with Crippen LogP contribution in [0.2, 0.25) is 0 Å². The highest BCUT2D eigenvalue weighted by atomic mass is 31.2. The van der Waals surface area contributed by atoms with Crippen molar-refractivity contribution < 1.29 is 14.4 Å². The quantitative estimate of drug-likeness (QED) is 0.420. The Morgan fingerprint density at radius 1 is 1.20 bits per heavy atom. The molecule has 0 radical (unpaired) electrons. The highest BCUT2D eigenvalue weighted by Crippen LogP contribution is 2.43. The lowest BCUT2D eigenvalue weighted by Crippen LogP contribution is -2.05. The Bertz CT molecular complexity index is 259. The monoisotopic (exact) mass is 232 g/mol. The van der Waals surface area contributed by atoms with Crippen LogP contribution in [0.15, 0.2) is 0 Å². The van der Waals surface area contributed by atoms with E-state index in [-0.39, 0.29) is 0 Å². The van der Waals surface area contributed by atoms with E-state index < -0.39 is 13.3 Å². The van der Waals surface area contributed by atoms with Crippen molar-refractivity contribution in [3.63, 3.8) is 0 Å². The van der Waals surface area contributed by atoms with E-state index in [9.17, 15) is 4.57 Å². The Morgan fingerprint density at radius 2 is 1.87 bits per heavy atom. The van der Waals surface area contributed by atoms with Crippen LogP contribution in [-0.4, -0.2) is 15.4 Å². The van der Waals surface area contributed by atoms with E-state index in [1.165, 1.54) is 0 Å². The molecule has 4 heteroatoms. The zero-order valence-corrected chi connectivity index (χ0v) is 10.5. The third kappa shape index (κ3) is 7.62. The van der Waals surface area contributed by atoms with Gasteiger partial charge in [0, 0.05) is 6.42 Å². The SMILES string of the molecule is CCC#CC(CCCCCC)P(=O)(O)O. The average molecular weight is 232 g/mol. The molecule has 0 fully saturated rings. The van der Waals surface area contributed by atoms with Crippen molar-refractivity contribution in [2.45, 2.75) is 58.0 Å². The number of hydrogen-bond donors (Lipinski definition) is 2. The molecular weight excluding hydrogens is 211 g/mol. The molecule has 0 saturated heterocycles. The van der Waals surface area contributed by atoms with Crippen LogP contribution in [0.5, 0.6) is 0 Å². The third-order valence-corrected chi connectivity index (χ3v) is 3.38. The smallest absolute Gasteiger partial charge is 0.324 e. The van der Waals surface area contributed by atoms with Gasteiger partial charge in [0.1, 0.15) is 5.66 Å². The molecule has 0 aliphatic carbocycles. The molecule has 2 N–H and O–H groups in total. The lowest BCUT2D eigenvalue weighted by atomic mass is 10.1. The maximum atomic E-state index is 11.1. The zero-order valence-electron chi connectivity index (χ0n) is 9.57. The second-order valence-electron chi connectivity index (χ2n) is 3.63. The van der Waals surface area contributed by atoms with E-state index in [4.69, 9.17) is 9.79 Å². The van der Waals surface area contributed by atoms with Gasteiger partial charge in [-0.25, -0.2) is 0 Å². The summed E-state index contributed by atoms with van der Waals surface area (Å²) in [6.45, 7) is 3.98. The van der Waals surface area contributed by atoms with Crippen LogP contribution in [-0.2, 0) is 4.57 Å². The van der Waals surface area contributed by atoms with E-state index >= 15 is 0 Å². The Kier molecular flexibility index (Phi) is 7.78. The number of unbranched alkanes of at least 4 members (excludes halogenated alkanes) is 3. The molecule has 0 aromatic rings. The van der Waals surface area contributed by atoms with Crippen molar-refractivity contribution >= 4 is 7.60 Å². The minimum atomic E-state index is -4.03. The summed E-state index contributed by atoms with van der Waals surface area (Å²) in [4.78, 5) is 18.1. The van der Waals surface area contributed by atoms with Crippen molar-refractivity contribution in [3.05, 3.63) is 0 Å². The van der Waals surface area contributed by atoms with Gasteiger partial charge in [-0.1, -0.05) is 45.5 Å². The summed E-state index contributed by atoms with van der Waals surface area (Å²) >= 11 is 0. The Labute approximate surface area is 92.4 Å². The third-order valence-electron chi connectivity index (χ3n) is 2.18. The average Bonchev–Trinajstić information content (AvgIpc) is 2.15. The van der Waals surface area contributed by atoms with Crippen molar-refractivity contribution in [2.24, 2.45) is 0 Å². The van der Waals surface area contributed by atoms with Crippen LogP contribution in [0.4, 0.5) is 0 Å². The van der Waals surface area contributed by atoms with Gasteiger partial charge in [0.25, 0.3) is 0 Å². The standard InChI is InChI=1S/C11H21O3P/c1-3-5-7-8-10-11(9-6-4-2)15(12,13)14/h11H,3-5,7-8,10H2,1-2H3,(H2,12,13,14).